The van der Waals surface area contributed by atoms with Gasteiger partial charge in [-0.15, -0.1) is 0 Å². The van der Waals surface area contributed by atoms with Crippen molar-refractivity contribution in [3.8, 4) is 0 Å². The van der Waals surface area contributed by atoms with Gasteiger partial charge in [-0.1, -0.05) is 22.9 Å². The van der Waals surface area contributed by atoms with E-state index in [-0.39, 0.29) is 15.7 Å². The second-order valence-electron chi connectivity index (χ2n) is 8.71. The average Bonchev–Trinajstić information content (AvgIpc) is 3.20. The second-order valence-corrected chi connectivity index (χ2v) is 9.69. The molecule has 2 aromatic heterocycles. The Hall–Kier alpha value is -3.09. The van der Waals surface area contributed by atoms with Gasteiger partial charge in [0, 0.05) is 30.5 Å². The van der Waals surface area contributed by atoms with E-state index in [9.17, 15) is 28.1 Å². The lowest BCUT2D eigenvalue weighted by atomic mass is 9.85. The van der Waals surface area contributed by atoms with Crippen molar-refractivity contribution in [2.75, 3.05) is 18.0 Å². The van der Waals surface area contributed by atoms with Crippen molar-refractivity contribution in [3.05, 3.63) is 49.4 Å². The average molecular weight is 495 g/mol. The van der Waals surface area contributed by atoms with Crippen molar-refractivity contribution in [1.82, 2.24) is 15.1 Å². The summed E-state index contributed by atoms with van der Waals surface area (Å²) in [4.78, 5) is 33.8. The minimum Gasteiger partial charge on any atom is -0.348 e. The Morgan fingerprint density at radius 3 is 2.47 bits per heavy atom. The monoisotopic (exact) mass is 495 g/mol. The highest BCUT2D eigenvalue weighted by Crippen LogP contribution is 2.42. The first kappa shape index (κ1) is 22.7. The molecule has 0 spiro atoms. The molecule has 1 aromatic carbocycles. The number of nitro groups is 1. The van der Waals surface area contributed by atoms with Gasteiger partial charge in [0.05, 0.1) is 15.9 Å². The van der Waals surface area contributed by atoms with Gasteiger partial charge in [0.1, 0.15) is 4.70 Å². The van der Waals surface area contributed by atoms with Gasteiger partial charge in [-0.2, -0.15) is 23.1 Å². The van der Waals surface area contributed by atoms with Crippen LogP contribution in [0.4, 0.5) is 24.0 Å². The summed E-state index contributed by atoms with van der Waals surface area (Å²) in [5, 5.41) is 15.6. The summed E-state index contributed by atoms with van der Waals surface area (Å²) in [6, 6.07) is 0.661. The molecule has 0 unspecified atom stereocenters. The zero-order valence-electron chi connectivity index (χ0n) is 18.1. The summed E-state index contributed by atoms with van der Waals surface area (Å²) < 4.78 is 45.6. The first-order valence-electron chi connectivity index (χ1n) is 10.9. The van der Waals surface area contributed by atoms with Gasteiger partial charge >= 0.3 is 6.18 Å². The van der Waals surface area contributed by atoms with E-state index in [1.807, 2.05) is 4.90 Å². The summed E-state index contributed by atoms with van der Waals surface area (Å²) in [5.41, 5.74) is -3.34. The third-order valence-corrected chi connectivity index (χ3v) is 7.81. The lowest BCUT2D eigenvalue weighted by molar-refractivity contribution is -0.383. The number of halogens is 3. The van der Waals surface area contributed by atoms with Crippen molar-refractivity contribution in [2.24, 2.45) is 0 Å². The highest BCUT2D eigenvalue weighted by Gasteiger charge is 2.38. The molecule has 13 heteroatoms. The normalized spacial score (nSPS) is 17.8. The molecule has 0 bridgehead atoms. The number of piperidine rings is 1. The van der Waals surface area contributed by atoms with Crippen LogP contribution in [0.15, 0.2) is 15.4 Å². The molecule has 5 rings (SSSR count). The van der Waals surface area contributed by atoms with Gasteiger partial charge < -0.3 is 9.42 Å². The van der Waals surface area contributed by atoms with Crippen molar-refractivity contribution in [2.45, 2.75) is 57.0 Å². The van der Waals surface area contributed by atoms with Gasteiger partial charge in [-0.25, -0.2) is 0 Å². The zero-order valence-corrected chi connectivity index (χ0v) is 18.9. The fraction of sp³-hybridized carbons (Fsp3) is 0.524. The molecule has 1 saturated heterocycles. The quantitative estimate of drug-likeness (QED) is 0.370. The summed E-state index contributed by atoms with van der Waals surface area (Å²) in [7, 11) is 0. The maximum absolute atomic E-state index is 13.4. The van der Waals surface area contributed by atoms with Gasteiger partial charge in [-0.3, -0.25) is 14.9 Å². The van der Waals surface area contributed by atoms with E-state index in [4.69, 9.17) is 4.52 Å². The molecule has 9 nitrogen and oxygen atoms in total. The third-order valence-electron chi connectivity index (χ3n) is 6.66. The second kappa shape index (κ2) is 8.29. The highest BCUT2D eigenvalue weighted by molar-refractivity contribution is 7.22. The van der Waals surface area contributed by atoms with Crippen molar-refractivity contribution in [1.29, 1.82) is 0 Å². The van der Waals surface area contributed by atoms with Gasteiger partial charge in [0.15, 0.2) is 11.0 Å². The largest absolute Gasteiger partial charge is 0.416 e. The van der Waals surface area contributed by atoms with Crippen LogP contribution in [-0.4, -0.2) is 33.1 Å². The number of anilines is 1. The number of nitro benzene ring substituents is 1. The predicted octanol–water partition coefficient (Wildman–Crippen LogP) is 4.93. The minimum atomic E-state index is -4.83. The summed E-state index contributed by atoms with van der Waals surface area (Å²) in [5.74, 6) is 1.76. The first-order chi connectivity index (χ1) is 16.1. The van der Waals surface area contributed by atoms with Crippen LogP contribution in [0, 0.1) is 17.0 Å². The number of alkyl halides is 3. The third kappa shape index (κ3) is 3.91. The molecule has 0 atom stereocenters. The molecule has 2 fully saturated rings. The lowest BCUT2D eigenvalue weighted by Crippen LogP contribution is -2.34. The Bertz CT molecular complexity index is 1330. The summed E-state index contributed by atoms with van der Waals surface area (Å²) in [6.07, 6.45) is -0.208. The predicted molar refractivity (Wildman–Crippen MR) is 117 cm³/mol. The molecule has 1 saturated carbocycles. The molecular weight excluding hydrogens is 475 g/mol. The highest BCUT2D eigenvalue weighted by atomic mass is 32.1. The number of hydrogen-bond acceptors (Lipinski definition) is 9. The Balaban J connectivity index is 1.43. The smallest absolute Gasteiger partial charge is 0.348 e. The van der Waals surface area contributed by atoms with Gasteiger partial charge in [-0.05, 0) is 38.7 Å². The standard InChI is InChI=1S/C21H20F3N5O4S/c1-10-14(21(22,23)24)9-13-16(15(10)29(31)32)34-20(26-18(13)30)28-7-5-12(6-8-28)19-25-17(27-33-19)11-3-2-4-11/h9,11-12H,2-8H2,1H3. The van der Waals surface area contributed by atoms with E-state index in [1.165, 1.54) is 6.42 Å². The number of rotatable bonds is 4. The van der Waals surface area contributed by atoms with E-state index >= 15 is 0 Å². The molecule has 3 aromatic rings. The first-order valence-corrected chi connectivity index (χ1v) is 11.7. The van der Waals surface area contributed by atoms with Crippen LogP contribution in [-0.2, 0) is 6.18 Å². The molecular formula is C21H20F3N5O4S. The van der Waals surface area contributed by atoms with E-state index in [0.29, 0.717) is 43.8 Å². The maximum atomic E-state index is 13.4. The summed E-state index contributed by atoms with van der Waals surface area (Å²) >= 11 is 0.866. The van der Waals surface area contributed by atoms with Crippen molar-refractivity contribution in [3.63, 3.8) is 0 Å². The fourth-order valence-electron chi connectivity index (χ4n) is 4.48. The molecule has 3 heterocycles. The van der Waals surface area contributed by atoms with Crippen LogP contribution in [0.1, 0.15) is 66.8 Å². The topological polar surface area (TPSA) is 115 Å². The fourth-order valence-corrected chi connectivity index (χ4v) is 5.68. The minimum absolute atomic E-state index is 0.0562. The van der Waals surface area contributed by atoms with Crippen LogP contribution in [0.3, 0.4) is 0 Å². The van der Waals surface area contributed by atoms with E-state index < -0.39 is 38.9 Å². The Morgan fingerprint density at radius 2 is 1.88 bits per heavy atom. The molecule has 1 aliphatic heterocycles. The van der Waals surface area contributed by atoms with E-state index in [0.717, 1.165) is 36.9 Å². The maximum Gasteiger partial charge on any atom is 0.416 e. The molecule has 0 radical (unpaired) electrons. The number of nitrogens with zero attached hydrogens (tertiary/aromatic N) is 5. The Morgan fingerprint density at radius 1 is 1.18 bits per heavy atom. The van der Waals surface area contributed by atoms with Crippen LogP contribution >= 0.6 is 11.3 Å². The van der Waals surface area contributed by atoms with Crippen molar-refractivity contribution < 1.29 is 22.6 Å². The molecule has 2 aliphatic rings. The van der Waals surface area contributed by atoms with E-state index in [1.54, 1.807) is 0 Å². The van der Waals surface area contributed by atoms with Gasteiger partial charge in [0.25, 0.3) is 11.2 Å². The van der Waals surface area contributed by atoms with Crippen LogP contribution in [0.25, 0.3) is 10.1 Å². The lowest BCUT2D eigenvalue weighted by Gasteiger charge is -2.30. The Labute approximate surface area is 194 Å². The molecule has 0 N–H and O–H groups in total. The number of benzene rings is 1. The van der Waals surface area contributed by atoms with Crippen LogP contribution < -0.4 is 10.5 Å². The number of hydrogen-bond donors (Lipinski definition) is 0. The molecule has 0 amide bonds. The number of aromatic nitrogens is 3. The van der Waals surface area contributed by atoms with E-state index in [2.05, 4.69) is 15.1 Å². The summed E-state index contributed by atoms with van der Waals surface area (Å²) in [6.45, 7) is 2.03. The van der Waals surface area contributed by atoms with Gasteiger partial charge in [0.2, 0.25) is 5.89 Å². The molecule has 1 aliphatic carbocycles. The number of fused-ring (bicyclic) bond motifs is 1. The zero-order chi connectivity index (χ0) is 24.2. The van der Waals surface area contributed by atoms with Crippen LogP contribution in [0.5, 0.6) is 0 Å². The molecule has 34 heavy (non-hydrogen) atoms. The molecule has 180 valence electrons. The van der Waals surface area contributed by atoms with Crippen LogP contribution in [0.2, 0.25) is 0 Å². The SMILES string of the molecule is Cc1c(C(F)(F)F)cc2c(=O)nc(N3CCC(c4nc(C5CCC5)no4)CC3)sc2c1[N+](=O)[O-]. The van der Waals surface area contributed by atoms with Crippen molar-refractivity contribution >= 4 is 32.2 Å². The Kier molecular flexibility index (Phi) is 5.53.